The smallest absolute Gasteiger partial charge is 0.142 e. The maximum Gasteiger partial charge on any atom is 0.142 e. The maximum absolute atomic E-state index is 13.2. The first-order valence-corrected chi connectivity index (χ1v) is 9.54. The first-order chi connectivity index (χ1) is 10.6. The van der Waals surface area contributed by atoms with E-state index in [4.69, 9.17) is 0 Å². The number of aliphatic hydroxyl groups excluding tert-OH is 2. The van der Waals surface area contributed by atoms with Crippen LogP contribution in [0.2, 0.25) is 0 Å². The molecule has 0 radical (unpaired) electrons. The van der Waals surface area contributed by atoms with Gasteiger partial charge in [-0.1, -0.05) is 34.1 Å². The molecule has 2 bridgehead atoms. The van der Waals surface area contributed by atoms with E-state index in [1.165, 1.54) is 0 Å². The van der Waals surface area contributed by atoms with Crippen LogP contribution < -0.4 is 0 Å². The standard InChI is InChI=1S/C20H32O3/c1-11-12-8-13(21)16-19(4)7-5-6-18(2,3)15(19)14(22)10-20(16,9-12)17(11)23/h11-16,21-22H,5-10H2,1-4H3. The summed E-state index contributed by atoms with van der Waals surface area (Å²) >= 11 is 0. The van der Waals surface area contributed by atoms with E-state index >= 15 is 0 Å². The van der Waals surface area contributed by atoms with Crippen LogP contribution >= 0.6 is 0 Å². The summed E-state index contributed by atoms with van der Waals surface area (Å²) < 4.78 is 0. The van der Waals surface area contributed by atoms with Gasteiger partial charge in [0.05, 0.1) is 12.2 Å². The molecule has 4 aliphatic rings. The van der Waals surface area contributed by atoms with E-state index in [1.807, 2.05) is 6.92 Å². The third kappa shape index (κ3) is 1.81. The average Bonchev–Trinajstić information content (AvgIpc) is 2.58. The van der Waals surface area contributed by atoms with Crippen LogP contribution in [0, 0.1) is 39.9 Å². The Labute approximate surface area is 139 Å². The second-order valence-corrected chi connectivity index (χ2v) is 10.2. The Bertz CT molecular complexity index is 541. The van der Waals surface area contributed by atoms with Crippen LogP contribution in [0.5, 0.6) is 0 Å². The normalized spacial score (nSPS) is 57.7. The molecule has 0 aliphatic heterocycles. The molecule has 130 valence electrons. The minimum atomic E-state index is -0.458. The van der Waals surface area contributed by atoms with Crippen molar-refractivity contribution in [2.45, 2.75) is 78.4 Å². The molecule has 0 aromatic rings. The van der Waals surface area contributed by atoms with Crippen LogP contribution in [0.4, 0.5) is 0 Å². The molecule has 23 heavy (non-hydrogen) atoms. The zero-order valence-corrected chi connectivity index (χ0v) is 15.0. The molecule has 3 heteroatoms. The summed E-state index contributed by atoms with van der Waals surface area (Å²) in [5, 5.41) is 22.2. The van der Waals surface area contributed by atoms with Crippen molar-refractivity contribution in [2.75, 3.05) is 0 Å². The Morgan fingerprint density at radius 2 is 1.70 bits per heavy atom. The Kier molecular flexibility index (Phi) is 3.22. The minimum absolute atomic E-state index is 0.0386. The van der Waals surface area contributed by atoms with Crippen molar-refractivity contribution in [3.8, 4) is 0 Å². The predicted molar refractivity (Wildman–Crippen MR) is 88.7 cm³/mol. The minimum Gasteiger partial charge on any atom is -0.393 e. The number of Topliss-reactive ketones (excluding diaryl/α,β-unsaturated/α-hetero) is 1. The van der Waals surface area contributed by atoms with E-state index in [0.717, 1.165) is 32.1 Å². The van der Waals surface area contributed by atoms with Crippen LogP contribution in [0.3, 0.4) is 0 Å². The number of carbonyl (C=O) groups is 1. The number of ketones is 1. The summed E-state index contributed by atoms with van der Waals surface area (Å²) in [6.07, 6.45) is 4.77. The molecular weight excluding hydrogens is 288 g/mol. The Morgan fingerprint density at radius 3 is 2.39 bits per heavy atom. The topological polar surface area (TPSA) is 57.5 Å². The lowest BCUT2D eigenvalue weighted by Gasteiger charge is -2.65. The van der Waals surface area contributed by atoms with Crippen molar-refractivity contribution < 1.29 is 15.0 Å². The van der Waals surface area contributed by atoms with Crippen LogP contribution in [0.1, 0.15) is 66.2 Å². The van der Waals surface area contributed by atoms with Crippen molar-refractivity contribution in [1.29, 1.82) is 0 Å². The number of carbonyl (C=O) groups excluding carboxylic acids is 1. The third-order valence-electron chi connectivity index (χ3n) is 8.52. The van der Waals surface area contributed by atoms with E-state index in [1.54, 1.807) is 0 Å². The van der Waals surface area contributed by atoms with Crippen LogP contribution in [-0.4, -0.2) is 28.2 Å². The van der Waals surface area contributed by atoms with E-state index in [-0.39, 0.29) is 34.7 Å². The Hall–Kier alpha value is -0.410. The van der Waals surface area contributed by atoms with Crippen molar-refractivity contribution >= 4 is 5.78 Å². The van der Waals surface area contributed by atoms with Crippen LogP contribution in [0.15, 0.2) is 0 Å². The molecule has 4 aliphatic carbocycles. The number of rotatable bonds is 0. The summed E-state index contributed by atoms with van der Waals surface area (Å²) in [5.74, 6) is 0.938. The highest BCUT2D eigenvalue weighted by molar-refractivity contribution is 5.90. The highest BCUT2D eigenvalue weighted by Gasteiger charge is 2.71. The van der Waals surface area contributed by atoms with Crippen molar-refractivity contribution in [1.82, 2.24) is 0 Å². The van der Waals surface area contributed by atoms with Gasteiger partial charge < -0.3 is 10.2 Å². The van der Waals surface area contributed by atoms with Gasteiger partial charge in [-0.3, -0.25) is 4.79 Å². The van der Waals surface area contributed by atoms with Crippen LogP contribution in [-0.2, 0) is 4.79 Å². The van der Waals surface area contributed by atoms with Crippen molar-refractivity contribution in [3.05, 3.63) is 0 Å². The SMILES string of the molecule is CC1C(=O)C23CC(O)C4C(C)(C)CCCC4(C)C2C(O)CC1C3. The van der Waals surface area contributed by atoms with Gasteiger partial charge in [0.1, 0.15) is 5.78 Å². The monoisotopic (exact) mass is 320 g/mol. The zero-order valence-electron chi connectivity index (χ0n) is 15.0. The van der Waals surface area contributed by atoms with Gasteiger partial charge in [0, 0.05) is 17.3 Å². The molecule has 0 saturated heterocycles. The first kappa shape index (κ1) is 16.1. The highest BCUT2D eigenvalue weighted by atomic mass is 16.3. The molecule has 0 aromatic heterocycles. The molecule has 0 heterocycles. The van der Waals surface area contributed by atoms with Gasteiger partial charge in [-0.25, -0.2) is 0 Å². The molecular formula is C20H32O3. The van der Waals surface area contributed by atoms with Crippen molar-refractivity contribution in [2.24, 2.45) is 39.9 Å². The lowest BCUT2D eigenvalue weighted by molar-refractivity contribution is -0.221. The molecule has 0 aromatic carbocycles. The largest absolute Gasteiger partial charge is 0.393 e. The number of fused-ring (bicyclic) bond motifs is 3. The van der Waals surface area contributed by atoms with Crippen molar-refractivity contribution in [3.63, 3.8) is 0 Å². The van der Waals surface area contributed by atoms with Gasteiger partial charge >= 0.3 is 0 Å². The van der Waals surface area contributed by atoms with Gasteiger partial charge in [0.15, 0.2) is 0 Å². The molecule has 8 atom stereocenters. The number of hydrogen-bond acceptors (Lipinski definition) is 3. The summed E-state index contributed by atoms with van der Waals surface area (Å²) in [7, 11) is 0. The average molecular weight is 320 g/mol. The van der Waals surface area contributed by atoms with Gasteiger partial charge in [-0.05, 0) is 54.8 Å². The fraction of sp³-hybridized carbons (Fsp3) is 0.950. The van der Waals surface area contributed by atoms with Gasteiger partial charge in [0.25, 0.3) is 0 Å². The van der Waals surface area contributed by atoms with E-state index < -0.39 is 11.5 Å². The lowest BCUT2D eigenvalue weighted by Crippen LogP contribution is -2.65. The Morgan fingerprint density at radius 1 is 1.00 bits per heavy atom. The fourth-order valence-electron chi connectivity index (χ4n) is 8.11. The maximum atomic E-state index is 13.2. The number of aliphatic hydroxyl groups is 2. The number of hydrogen-bond donors (Lipinski definition) is 2. The fourth-order valence-corrected chi connectivity index (χ4v) is 8.11. The summed E-state index contributed by atoms with van der Waals surface area (Å²) in [4.78, 5) is 13.2. The van der Waals surface area contributed by atoms with Gasteiger partial charge in [-0.15, -0.1) is 0 Å². The summed E-state index contributed by atoms with van der Waals surface area (Å²) in [6, 6.07) is 0. The van der Waals surface area contributed by atoms with E-state index in [0.29, 0.717) is 18.1 Å². The van der Waals surface area contributed by atoms with E-state index in [2.05, 4.69) is 20.8 Å². The second-order valence-electron chi connectivity index (χ2n) is 10.2. The molecule has 3 nitrogen and oxygen atoms in total. The predicted octanol–water partition coefficient (Wildman–Crippen LogP) is 3.18. The molecule has 4 rings (SSSR count). The Balaban J connectivity index is 1.86. The zero-order chi connectivity index (χ0) is 16.8. The molecule has 1 spiro atoms. The lowest BCUT2D eigenvalue weighted by atomic mass is 9.40. The van der Waals surface area contributed by atoms with Gasteiger partial charge in [0.2, 0.25) is 0 Å². The van der Waals surface area contributed by atoms with Gasteiger partial charge in [-0.2, -0.15) is 0 Å². The molecule has 4 saturated carbocycles. The quantitative estimate of drug-likeness (QED) is 0.721. The summed E-state index contributed by atoms with van der Waals surface area (Å²) in [5.41, 5.74) is -0.499. The van der Waals surface area contributed by atoms with E-state index in [9.17, 15) is 15.0 Å². The van der Waals surface area contributed by atoms with Crippen LogP contribution in [0.25, 0.3) is 0 Å². The molecule has 2 N–H and O–H groups in total. The highest BCUT2D eigenvalue weighted by Crippen LogP contribution is 2.71. The second kappa shape index (κ2) is 4.60. The molecule has 8 unspecified atom stereocenters. The molecule has 4 fully saturated rings. The molecule has 0 amide bonds. The first-order valence-electron chi connectivity index (χ1n) is 9.54. The third-order valence-corrected chi connectivity index (χ3v) is 8.52. The summed E-state index contributed by atoms with van der Waals surface area (Å²) in [6.45, 7) is 8.86.